The molecular formula is C23H26N4O2. The lowest BCUT2D eigenvalue weighted by molar-refractivity contribution is 0.0947. The van der Waals surface area contributed by atoms with Gasteiger partial charge in [0.05, 0.1) is 0 Å². The van der Waals surface area contributed by atoms with Crippen molar-refractivity contribution in [3.63, 3.8) is 0 Å². The van der Waals surface area contributed by atoms with Crippen LogP contribution in [0.3, 0.4) is 0 Å². The maximum Gasteiger partial charge on any atom is 0.269 e. The number of rotatable bonds is 9. The van der Waals surface area contributed by atoms with E-state index in [0.717, 1.165) is 35.8 Å². The van der Waals surface area contributed by atoms with E-state index in [1.165, 1.54) is 0 Å². The first-order valence-electron chi connectivity index (χ1n) is 9.59. The Morgan fingerprint density at radius 1 is 0.966 bits per heavy atom. The predicted molar refractivity (Wildman–Crippen MR) is 116 cm³/mol. The number of pyridine rings is 1. The van der Waals surface area contributed by atoms with E-state index in [2.05, 4.69) is 20.5 Å². The molecule has 150 valence electrons. The fourth-order valence-electron chi connectivity index (χ4n) is 2.72. The van der Waals surface area contributed by atoms with Crippen LogP contribution in [0, 0.1) is 0 Å². The second-order valence-corrected chi connectivity index (χ2v) is 6.91. The number of benzene rings is 2. The molecule has 2 aromatic carbocycles. The normalized spacial score (nSPS) is 10.6. The first kappa shape index (κ1) is 20.4. The van der Waals surface area contributed by atoms with Crippen molar-refractivity contribution in [3.8, 4) is 11.5 Å². The number of hydrogen-bond donors (Lipinski definition) is 2. The Morgan fingerprint density at radius 2 is 1.69 bits per heavy atom. The number of amides is 1. The summed E-state index contributed by atoms with van der Waals surface area (Å²) in [6.45, 7) is 1.55. The molecule has 0 saturated heterocycles. The highest BCUT2D eigenvalue weighted by Crippen LogP contribution is 2.24. The first-order chi connectivity index (χ1) is 14.1. The number of aromatic nitrogens is 1. The van der Waals surface area contributed by atoms with Crippen LogP contribution >= 0.6 is 0 Å². The van der Waals surface area contributed by atoms with Crippen LogP contribution < -0.4 is 15.4 Å². The molecule has 1 aromatic heterocycles. The van der Waals surface area contributed by atoms with Crippen LogP contribution in [-0.2, 0) is 0 Å². The van der Waals surface area contributed by atoms with Gasteiger partial charge in [0.15, 0.2) is 0 Å². The van der Waals surface area contributed by atoms with Crippen LogP contribution in [0.1, 0.15) is 16.9 Å². The minimum atomic E-state index is -0.168. The second kappa shape index (κ2) is 10.2. The number of nitrogens with zero attached hydrogens (tertiary/aromatic N) is 2. The predicted octanol–water partition coefficient (Wildman–Crippen LogP) is 4.30. The quantitative estimate of drug-likeness (QED) is 0.533. The molecule has 1 heterocycles. The van der Waals surface area contributed by atoms with Crippen LogP contribution in [0.2, 0.25) is 0 Å². The molecule has 3 rings (SSSR count). The standard InChI is InChI=1S/C23H26N4O2/c1-27(2)16-6-14-25-23(28)22-17-19(13-15-24-22)26-18-9-11-21(12-10-18)29-20-7-4-3-5-8-20/h3-5,7-13,15,17H,6,14,16H2,1-2H3,(H,24,26)(H,25,28). The van der Waals surface area contributed by atoms with Gasteiger partial charge in [-0.15, -0.1) is 0 Å². The zero-order chi connectivity index (χ0) is 20.5. The van der Waals surface area contributed by atoms with Gasteiger partial charge in [0.2, 0.25) is 0 Å². The number of hydrogen-bond acceptors (Lipinski definition) is 5. The molecule has 6 nitrogen and oxygen atoms in total. The monoisotopic (exact) mass is 390 g/mol. The van der Waals surface area contributed by atoms with E-state index in [-0.39, 0.29) is 5.91 Å². The Labute approximate surface area is 171 Å². The highest BCUT2D eigenvalue weighted by atomic mass is 16.5. The van der Waals surface area contributed by atoms with Crippen LogP contribution in [0.5, 0.6) is 11.5 Å². The van der Waals surface area contributed by atoms with Gasteiger partial charge in [-0.2, -0.15) is 0 Å². The maximum absolute atomic E-state index is 12.3. The van der Waals surface area contributed by atoms with Crippen LogP contribution in [0.25, 0.3) is 0 Å². The van der Waals surface area contributed by atoms with Gasteiger partial charge in [-0.1, -0.05) is 18.2 Å². The summed E-state index contributed by atoms with van der Waals surface area (Å²) in [5.41, 5.74) is 2.09. The van der Waals surface area contributed by atoms with Crippen LogP contribution in [0.15, 0.2) is 72.9 Å². The third-order valence-corrected chi connectivity index (χ3v) is 4.18. The first-order valence-corrected chi connectivity index (χ1v) is 9.59. The highest BCUT2D eigenvalue weighted by Gasteiger charge is 2.08. The summed E-state index contributed by atoms with van der Waals surface area (Å²) in [5.74, 6) is 1.39. The second-order valence-electron chi connectivity index (χ2n) is 6.91. The molecule has 0 atom stereocenters. The van der Waals surface area contributed by atoms with Gasteiger partial charge >= 0.3 is 0 Å². The molecule has 0 saturated carbocycles. The third-order valence-electron chi connectivity index (χ3n) is 4.18. The Kier molecular flexibility index (Phi) is 7.19. The Morgan fingerprint density at radius 3 is 2.41 bits per heavy atom. The summed E-state index contributed by atoms with van der Waals surface area (Å²) in [4.78, 5) is 18.5. The van der Waals surface area contributed by atoms with Crippen molar-refractivity contribution in [3.05, 3.63) is 78.6 Å². The number of nitrogens with one attached hydrogen (secondary N) is 2. The lowest BCUT2D eigenvalue weighted by atomic mass is 10.2. The van der Waals surface area contributed by atoms with Crippen molar-refractivity contribution in [2.75, 3.05) is 32.5 Å². The molecular weight excluding hydrogens is 364 g/mol. The molecule has 2 N–H and O–H groups in total. The Balaban J connectivity index is 1.56. The molecule has 0 unspecified atom stereocenters. The van der Waals surface area contributed by atoms with Gasteiger partial charge in [-0.05, 0) is 75.6 Å². The van der Waals surface area contributed by atoms with Crippen molar-refractivity contribution in [1.82, 2.24) is 15.2 Å². The molecule has 0 aliphatic rings. The topological polar surface area (TPSA) is 66.5 Å². The summed E-state index contributed by atoms with van der Waals surface area (Å²) in [6.07, 6.45) is 2.53. The van der Waals surface area contributed by atoms with E-state index in [4.69, 9.17) is 4.74 Å². The largest absolute Gasteiger partial charge is 0.457 e. The molecule has 0 aliphatic carbocycles. The molecule has 29 heavy (non-hydrogen) atoms. The lowest BCUT2D eigenvalue weighted by Crippen LogP contribution is -2.27. The van der Waals surface area contributed by atoms with E-state index in [9.17, 15) is 4.79 Å². The van der Waals surface area contributed by atoms with Gasteiger partial charge in [0.1, 0.15) is 17.2 Å². The van der Waals surface area contributed by atoms with E-state index >= 15 is 0 Å². The fraction of sp³-hybridized carbons (Fsp3) is 0.217. The van der Waals surface area contributed by atoms with Crippen molar-refractivity contribution >= 4 is 17.3 Å². The maximum atomic E-state index is 12.3. The zero-order valence-electron chi connectivity index (χ0n) is 16.8. The van der Waals surface area contributed by atoms with Crippen molar-refractivity contribution in [2.24, 2.45) is 0 Å². The van der Waals surface area contributed by atoms with Crippen LogP contribution in [0.4, 0.5) is 11.4 Å². The van der Waals surface area contributed by atoms with Crippen molar-refractivity contribution in [2.45, 2.75) is 6.42 Å². The number of carbonyl (C=O) groups is 1. The zero-order valence-corrected chi connectivity index (χ0v) is 16.8. The molecule has 0 bridgehead atoms. The SMILES string of the molecule is CN(C)CCCNC(=O)c1cc(Nc2ccc(Oc3ccccc3)cc2)ccn1. The fourth-order valence-corrected chi connectivity index (χ4v) is 2.72. The molecule has 0 radical (unpaired) electrons. The van der Waals surface area contributed by atoms with E-state index in [1.807, 2.05) is 74.8 Å². The molecule has 1 amide bonds. The molecule has 0 aliphatic heterocycles. The van der Waals surface area contributed by atoms with Gasteiger partial charge in [-0.3, -0.25) is 9.78 Å². The third kappa shape index (κ3) is 6.62. The molecule has 6 heteroatoms. The number of para-hydroxylation sites is 1. The van der Waals surface area contributed by atoms with Gasteiger partial charge < -0.3 is 20.3 Å². The summed E-state index contributed by atoms with van der Waals surface area (Å²) in [5, 5.41) is 6.19. The minimum absolute atomic E-state index is 0.168. The molecule has 0 fully saturated rings. The summed E-state index contributed by atoms with van der Waals surface area (Å²) in [7, 11) is 4.03. The minimum Gasteiger partial charge on any atom is -0.457 e. The van der Waals surface area contributed by atoms with E-state index < -0.39 is 0 Å². The smallest absolute Gasteiger partial charge is 0.269 e. The summed E-state index contributed by atoms with van der Waals surface area (Å²) < 4.78 is 5.80. The van der Waals surface area contributed by atoms with E-state index in [1.54, 1.807) is 12.3 Å². The number of anilines is 2. The van der Waals surface area contributed by atoms with Crippen molar-refractivity contribution in [1.29, 1.82) is 0 Å². The average molecular weight is 390 g/mol. The van der Waals surface area contributed by atoms with Gasteiger partial charge in [0.25, 0.3) is 5.91 Å². The lowest BCUT2D eigenvalue weighted by Gasteiger charge is -2.11. The summed E-state index contributed by atoms with van der Waals surface area (Å²) in [6, 6.07) is 20.9. The average Bonchev–Trinajstić information content (AvgIpc) is 2.73. The summed E-state index contributed by atoms with van der Waals surface area (Å²) >= 11 is 0. The Hall–Kier alpha value is -3.38. The van der Waals surface area contributed by atoms with Gasteiger partial charge in [0, 0.05) is 24.1 Å². The molecule has 0 spiro atoms. The number of ether oxygens (including phenoxy) is 1. The highest BCUT2D eigenvalue weighted by molar-refractivity contribution is 5.93. The Bertz CT molecular complexity index is 912. The molecule has 3 aromatic rings. The van der Waals surface area contributed by atoms with Gasteiger partial charge in [-0.25, -0.2) is 0 Å². The van der Waals surface area contributed by atoms with Crippen molar-refractivity contribution < 1.29 is 9.53 Å². The van der Waals surface area contributed by atoms with E-state index in [0.29, 0.717) is 12.2 Å². The number of carbonyl (C=O) groups excluding carboxylic acids is 1. The van der Waals surface area contributed by atoms with Crippen LogP contribution in [-0.4, -0.2) is 43.0 Å².